The first kappa shape index (κ1) is 23.5. The second-order valence-electron chi connectivity index (χ2n) is 8.45. The Bertz CT molecular complexity index is 1190. The number of sulfonamides is 1. The molecule has 0 radical (unpaired) electrons. The highest BCUT2D eigenvalue weighted by Crippen LogP contribution is 2.28. The van der Waals surface area contributed by atoms with Gasteiger partial charge in [0.25, 0.3) is 10.0 Å². The highest BCUT2D eigenvalue weighted by Gasteiger charge is 2.31. The van der Waals surface area contributed by atoms with Crippen LogP contribution in [-0.4, -0.2) is 31.1 Å². The predicted molar refractivity (Wildman–Crippen MR) is 128 cm³/mol. The van der Waals surface area contributed by atoms with E-state index in [2.05, 4.69) is 29.4 Å². The second kappa shape index (κ2) is 9.16. The van der Waals surface area contributed by atoms with Crippen LogP contribution in [0.3, 0.4) is 0 Å². The third-order valence-corrected chi connectivity index (χ3v) is 7.29. The summed E-state index contributed by atoms with van der Waals surface area (Å²) in [5.41, 5.74) is 4.96. The number of benzene rings is 2. The Morgan fingerprint density at radius 2 is 1.62 bits per heavy atom. The van der Waals surface area contributed by atoms with E-state index in [9.17, 15) is 13.2 Å². The van der Waals surface area contributed by atoms with Gasteiger partial charge in [0.1, 0.15) is 11.4 Å². The molecule has 0 saturated heterocycles. The first-order valence-electron chi connectivity index (χ1n) is 10.5. The molecule has 0 saturated carbocycles. The average molecular weight is 455 g/mol. The molecule has 0 aliphatic heterocycles. The van der Waals surface area contributed by atoms with E-state index < -0.39 is 15.9 Å². The fraction of sp³-hybridized carbons (Fsp3) is 0.333. The molecule has 0 aliphatic rings. The molecule has 0 fully saturated rings. The summed E-state index contributed by atoms with van der Waals surface area (Å²) in [6.07, 6.45) is 0. The van der Waals surface area contributed by atoms with Crippen LogP contribution in [0, 0.1) is 27.7 Å². The van der Waals surface area contributed by atoms with Gasteiger partial charge in [-0.25, -0.2) is 8.42 Å². The lowest BCUT2D eigenvalue weighted by Gasteiger charge is -2.24. The summed E-state index contributed by atoms with van der Waals surface area (Å²) < 4.78 is 28.4. The molecule has 32 heavy (non-hydrogen) atoms. The van der Waals surface area contributed by atoms with Crippen molar-refractivity contribution in [3.05, 3.63) is 70.5 Å². The lowest BCUT2D eigenvalue weighted by atomic mass is 10.0. The van der Waals surface area contributed by atoms with Crippen LogP contribution < -0.4 is 9.62 Å². The van der Waals surface area contributed by atoms with Gasteiger partial charge in [-0.15, -0.1) is 0 Å². The van der Waals surface area contributed by atoms with E-state index in [0.717, 1.165) is 21.0 Å². The molecule has 1 heterocycles. The molecule has 8 heteroatoms. The molecule has 0 aliphatic carbocycles. The third-order valence-electron chi connectivity index (χ3n) is 5.25. The maximum atomic E-state index is 13.6. The standard InChI is InChI=1S/C24H30N4O3S/c1-15(2)20-7-9-22(10-8-20)28(32(30,31)24-18(5)26-27-19(24)6)14-23(29)25-21-12-16(3)11-17(4)13-21/h7-13,15H,14H2,1-6H3,(H,25,29)(H,26,27). The SMILES string of the molecule is Cc1cc(C)cc(NC(=O)CN(c2ccc(C(C)C)cc2)S(=O)(=O)c2c(C)n[nH]c2C)c1. The summed E-state index contributed by atoms with van der Waals surface area (Å²) in [5.74, 6) is -0.120. The first-order valence-corrected chi connectivity index (χ1v) is 12.0. The van der Waals surface area contributed by atoms with Crippen molar-refractivity contribution in [2.24, 2.45) is 0 Å². The normalized spacial score (nSPS) is 11.6. The van der Waals surface area contributed by atoms with E-state index in [1.54, 1.807) is 26.0 Å². The maximum Gasteiger partial charge on any atom is 0.268 e. The quantitative estimate of drug-likeness (QED) is 0.545. The van der Waals surface area contributed by atoms with E-state index in [1.807, 2.05) is 44.2 Å². The summed E-state index contributed by atoms with van der Waals surface area (Å²) in [4.78, 5) is 13.0. The highest BCUT2D eigenvalue weighted by atomic mass is 32.2. The largest absolute Gasteiger partial charge is 0.324 e. The Balaban J connectivity index is 1.99. The molecule has 3 rings (SSSR count). The van der Waals surface area contributed by atoms with E-state index in [4.69, 9.17) is 0 Å². The first-order chi connectivity index (χ1) is 15.0. The Labute approximate surface area is 189 Å². The number of anilines is 2. The zero-order valence-corrected chi connectivity index (χ0v) is 20.2. The van der Waals surface area contributed by atoms with Gasteiger partial charge < -0.3 is 5.32 Å². The van der Waals surface area contributed by atoms with Gasteiger partial charge in [-0.2, -0.15) is 5.10 Å². The number of H-pyrrole nitrogens is 1. The average Bonchev–Trinajstić information content (AvgIpc) is 3.04. The minimum Gasteiger partial charge on any atom is -0.324 e. The number of nitrogens with one attached hydrogen (secondary N) is 2. The molecule has 0 atom stereocenters. The van der Waals surface area contributed by atoms with E-state index in [1.165, 1.54) is 0 Å². The number of rotatable bonds is 7. The monoisotopic (exact) mass is 454 g/mol. The van der Waals surface area contributed by atoms with Gasteiger partial charge in [0, 0.05) is 5.69 Å². The zero-order valence-electron chi connectivity index (χ0n) is 19.4. The van der Waals surface area contributed by atoms with Gasteiger partial charge in [-0.05, 0) is 74.6 Å². The highest BCUT2D eigenvalue weighted by molar-refractivity contribution is 7.93. The number of nitrogens with zero attached hydrogens (tertiary/aromatic N) is 2. The summed E-state index contributed by atoms with van der Waals surface area (Å²) >= 11 is 0. The molecular formula is C24H30N4O3S. The lowest BCUT2D eigenvalue weighted by Crippen LogP contribution is -2.38. The van der Waals surface area contributed by atoms with E-state index >= 15 is 0 Å². The van der Waals surface area contributed by atoms with Crippen molar-refractivity contribution >= 4 is 27.3 Å². The van der Waals surface area contributed by atoms with Crippen molar-refractivity contribution < 1.29 is 13.2 Å². The topological polar surface area (TPSA) is 95.2 Å². The number of hydrogen-bond donors (Lipinski definition) is 2. The molecule has 0 unspecified atom stereocenters. The van der Waals surface area contributed by atoms with E-state index in [-0.39, 0.29) is 11.4 Å². The van der Waals surface area contributed by atoms with Crippen molar-refractivity contribution in [1.29, 1.82) is 0 Å². The van der Waals surface area contributed by atoms with Gasteiger partial charge in [-0.1, -0.05) is 32.0 Å². The number of hydrogen-bond acceptors (Lipinski definition) is 4. The summed E-state index contributed by atoms with van der Waals surface area (Å²) in [6.45, 7) is 11.0. The number of aromatic amines is 1. The molecule has 1 aromatic heterocycles. The van der Waals surface area contributed by atoms with Crippen molar-refractivity contribution in [1.82, 2.24) is 10.2 Å². The van der Waals surface area contributed by atoms with Crippen LogP contribution in [0.5, 0.6) is 0 Å². The van der Waals surface area contributed by atoms with Gasteiger partial charge in [0.05, 0.1) is 17.1 Å². The summed E-state index contributed by atoms with van der Waals surface area (Å²) in [6, 6.07) is 13.0. The fourth-order valence-electron chi connectivity index (χ4n) is 3.75. The van der Waals surface area contributed by atoms with Gasteiger partial charge in [0.2, 0.25) is 5.91 Å². The third kappa shape index (κ3) is 5.02. The number of aryl methyl sites for hydroxylation is 4. The van der Waals surface area contributed by atoms with Crippen LogP contribution in [0.4, 0.5) is 11.4 Å². The lowest BCUT2D eigenvalue weighted by molar-refractivity contribution is -0.114. The van der Waals surface area contributed by atoms with Crippen LogP contribution in [0.15, 0.2) is 47.4 Å². The second-order valence-corrected chi connectivity index (χ2v) is 10.2. The van der Waals surface area contributed by atoms with Gasteiger partial charge in [-0.3, -0.25) is 14.2 Å². The molecule has 0 spiro atoms. The Morgan fingerprint density at radius 3 is 2.12 bits per heavy atom. The summed E-state index contributed by atoms with van der Waals surface area (Å²) in [7, 11) is -4.03. The number of carbonyl (C=O) groups is 1. The molecule has 2 aromatic carbocycles. The smallest absolute Gasteiger partial charge is 0.268 e. The van der Waals surface area contributed by atoms with Crippen LogP contribution in [-0.2, 0) is 14.8 Å². The van der Waals surface area contributed by atoms with Crippen molar-refractivity contribution in [2.45, 2.75) is 52.4 Å². The Kier molecular flexibility index (Phi) is 6.74. The molecule has 3 aromatic rings. The minimum absolute atomic E-state index is 0.0876. The molecular weight excluding hydrogens is 424 g/mol. The number of carbonyl (C=O) groups excluding carboxylic acids is 1. The Morgan fingerprint density at radius 1 is 1.03 bits per heavy atom. The zero-order chi connectivity index (χ0) is 23.6. The summed E-state index contributed by atoms with van der Waals surface area (Å²) in [5, 5.41) is 9.58. The molecule has 7 nitrogen and oxygen atoms in total. The van der Waals surface area contributed by atoms with Crippen LogP contribution in [0.2, 0.25) is 0 Å². The Hall–Kier alpha value is -3.13. The van der Waals surface area contributed by atoms with Gasteiger partial charge in [0.15, 0.2) is 0 Å². The van der Waals surface area contributed by atoms with Gasteiger partial charge >= 0.3 is 0 Å². The maximum absolute atomic E-state index is 13.6. The molecule has 2 N–H and O–H groups in total. The number of aromatic nitrogens is 2. The van der Waals surface area contributed by atoms with Crippen LogP contribution >= 0.6 is 0 Å². The number of amides is 1. The predicted octanol–water partition coefficient (Wildman–Crippen LogP) is 4.60. The van der Waals surface area contributed by atoms with Crippen LogP contribution in [0.25, 0.3) is 0 Å². The fourth-order valence-corrected chi connectivity index (χ4v) is 5.51. The van der Waals surface area contributed by atoms with Crippen molar-refractivity contribution in [3.8, 4) is 0 Å². The van der Waals surface area contributed by atoms with E-state index in [0.29, 0.717) is 28.7 Å². The molecule has 170 valence electrons. The van der Waals surface area contributed by atoms with Crippen molar-refractivity contribution in [3.63, 3.8) is 0 Å². The molecule has 0 bridgehead atoms. The van der Waals surface area contributed by atoms with Crippen molar-refractivity contribution in [2.75, 3.05) is 16.2 Å². The minimum atomic E-state index is -4.03. The molecule has 1 amide bonds. The van der Waals surface area contributed by atoms with Crippen LogP contribution in [0.1, 0.15) is 47.8 Å².